The van der Waals surface area contributed by atoms with Gasteiger partial charge in [-0.15, -0.1) is 11.3 Å². The quantitative estimate of drug-likeness (QED) is 0.592. The Kier molecular flexibility index (Phi) is 3.31. The van der Waals surface area contributed by atoms with Gasteiger partial charge in [0.1, 0.15) is 17.0 Å². The number of aromatic nitrogens is 2. The molecule has 3 aromatic rings. The Hall–Kier alpha value is -2.34. The number of anilines is 1. The van der Waals surface area contributed by atoms with Gasteiger partial charge in [0.15, 0.2) is 5.82 Å². The number of halogens is 1. The van der Waals surface area contributed by atoms with Gasteiger partial charge in [0.2, 0.25) is 0 Å². The molecule has 2 heterocycles. The molecule has 0 aliphatic heterocycles. The maximum atomic E-state index is 13.6. The zero-order valence-electron chi connectivity index (χ0n) is 11.7. The van der Waals surface area contributed by atoms with Crippen LogP contribution in [-0.4, -0.2) is 16.2 Å². The summed E-state index contributed by atoms with van der Waals surface area (Å²) in [5.41, 5.74) is 4.72. The predicted octanol–water partition coefficient (Wildman–Crippen LogP) is 3.77. The van der Waals surface area contributed by atoms with Crippen LogP contribution in [0.15, 0.2) is 35.7 Å². The lowest BCUT2D eigenvalue weighted by atomic mass is 10.2. The van der Waals surface area contributed by atoms with Crippen molar-refractivity contribution >= 4 is 33.6 Å². The normalized spacial score (nSPS) is 13.9. The molecule has 1 aliphatic carbocycles. The zero-order chi connectivity index (χ0) is 14.9. The topological polar surface area (TPSA) is 50.2 Å². The molecule has 6 heteroatoms. The van der Waals surface area contributed by atoms with Crippen LogP contribution >= 0.6 is 11.3 Å². The van der Waals surface area contributed by atoms with Crippen molar-refractivity contribution < 1.29 is 4.39 Å². The van der Waals surface area contributed by atoms with E-state index in [1.807, 2.05) is 0 Å². The zero-order valence-corrected chi connectivity index (χ0v) is 12.5. The van der Waals surface area contributed by atoms with Crippen LogP contribution in [0.4, 0.5) is 10.2 Å². The van der Waals surface area contributed by atoms with Crippen molar-refractivity contribution in [2.24, 2.45) is 5.10 Å². The highest BCUT2D eigenvalue weighted by molar-refractivity contribution is 7.19. The summed E-state index contributed by atoms with van der Waals surface area (Å²) < 4.78 is 13.6. The number of aryl methyl sites for hydroxylation is 2. The summed E-state index contributed by atoms with van der Waals surface area (Å²) in [7, 11) is 0. The molecule has 0 spiro atoms. The molecule has 1 aliphatic rings. The highest BCUT2D eigenvalue weighted by Gasteiger charge is 2.20. The van der Waals surface area contributed by atoms with E-state index in [2.05, 4.69) is 20.5 Å². The molecule has 0 amide bonds. The number of hydrogen-bond acceptors (Lipinski definition) is 5. The van der Waals surface area contributed by atoms with Crippen LogP contribution in [0.3, 0.4) is 0 Å². The van der Waals surface area contributed by atoms with Gasteiger partial charge in [-0.25, -0.2) is 14.4 Å². The third kappa shape index (κ3) is 2.25. The Bertz CT molecular complexity index is 872. The van der Waals surface area contributed by atoms with Gasteiger partial charge >= 0.3 is 0 Å². The van der Waals surface area contributed by atoms with E-state index in [1.165, 1.54) is 35.5 Å². The minimum Gasteiger partial charge on any atom is -0.261 e. The average Bonchev–Trinajstić information content (AvgIpc) is 3.10. The Morgan fingerprint density at radius 2 is 2.14 bits per heavy atom. The first-order chi connectivity index (χ1) is 10.8. The van der Waals surface area contributed by atoms with Crippen molar-refractivity contribution in [3.8, 4) is 0 Å². The maximum absolute atomic E-state index is 13.6. The van der Waals surface area contributed by atoms with Crippen molar-refractivity contribution in [3.05, 3.63) is 52.4 Å². The molecule has 4 rings (SSSR count). The van der Waals surface area contributed by atoms with E-state index in [0.717, 1.165) is 23.1 Å². The number of nitrogens with zero attached hydrogens (tertiary/aromatic N) is 3. The van der Waals surface area contributed by atoms with E-state index >= 15 is 0 Å². The second-order valence-corrected chi connectivity index (χ2v) is 6.23. The molecule has 0 saturated carbocycles. The molecule has 4 nitrogen and oxygen atoms in total. The SMILES string of the molecule is Fc1ccccc1/C=N\Nc1ncnc2sc3c(c12)CCC3. The lowest BCUT2D eigenvalue weighted by Gasteiger charge is -2.02. The van der Waals surface area contributed by atoms with Gasteiger partial charge in [-0.1, -0.05) is 18.2 Å². The summed E-state index contributed by atoms with van der Waals surface area (Å²) in [4.78, 5) is 11.0. The number of rotatable bonds is 3. The van der Waals surface area contributed by atoms with Gasteiger partial charge in [-0.2, -0.15) is 5.10 Å². The first-order valence-corrected chi connectivity index (χ1v) is 7.93. The summed E-state index contributed by atoms with van der Waals surface area (Å²) in [6.45, 7) is 0. The molecule has 0 fully saturated rings. The predicted molar refractivity (Wildman–Crippen MR) is 87.1 cm³/mol. The van der Waals surface area contributed by atoms with Crippen LogP contribution in [0, 0.1) is 5.82 Å². The van der Waals surface area contributed by atoms with Crippen LogP contribution in [0.1, 0.15) is 22.4 Å². The van der Waals surface area contributed by atoms with E-state index in [1.54, 1.807) is 29.5 Å². The van der Waals surface area contributed by atoms with E-state index in [9.17, 15) is 4.39 Å². The average molecular weight is 312 g/mol. The maximum Gasteiger partial charge on any atom is 0.158 e. The summed E-state index contributed by atoms with van der Waals surface area (Å²) in [6.07, 6.45) is 6.37. The van der Waals surface area contributed by atoms with Crippen molar-refractivity contribution in [3.63, 3.8) is 0 Å². The van der Waals surface area contributed by atoms with Gasteiger partial charge in [0.05, 0.1) is 11.6 Å². The van der Waals surface area contributed by atoms with Crippen LogP contribution in [-0.2, 0) is 12.8 Å². The first-order valence-electron chi connectivity index (χ1n) is 7.12. The lowest BCUT2D eigenvalue weighted by molar-refractivity contribution is 0.626. The lowest BCUT2D eigenvalue weighted by Crippen LogP contribution is -1.97. The van der Waals surface area contributed by atoms with Gasteiger partial charge in [-0.05, 0) is 30.9 Å². The van der Waals surface area contributed by atoms with Crippen molar-refractivity contribution in [2.45, 2.75) is 19.3 Å². The molecule has 0 bridgehead atoms. The molecule has 1 N–H and O–H groups in total. The number of thiophene rings is 1. The van der Waals surface area contributed by atoms with Crippen molar-refractivity contribution in [2.75, 3.05) is 5.43 Å². The van der Waals surface area contributed by atoms with E-state index in [4.69, 9.17) is 0 Å². The number of hydrazone groups is 1. The van der Waals surface area contributed by atoms with Crippen LogP contribution in [0.5, 0.6) is 0 Å². The summed E-state index contributed by atoms with van der Waals surface area (Å²) in [5.74, 6) is 0.397. The molecule has 1 aromatic carbocycles. The standard InChI is InChI=1S/C16H13FN4S/c17-12-6-2-1-4-10(12)8-20-21-15-14-11-5-3-7-13(11)22-16(14)19-9-18-15/h1-2,4,6,8-9H,3,5,7H2,(H,18,19,21)/b20-8-. The third-order valence-electron chi connectivity index (χ3n) is 3.78. The number of hydrogen-bond donors (Lipinski definition) is 1. The molecule has 2 aromatic heterocycles. The third-order valence-corrected chi connectivity index (χ3v) is 4.98. The van der Waals surface area contributed by atoms with Crippen molar-refractivity contribution in [1.29, 1.82) is 0 Å². The van der Waals surface area contributed by atoms with Crippen LogP contribution < -0.4 is 5.43 Å². The molecule has 110 valence electrons. The molecular formula is C16H13FN4S. The highest BCUT2D eigenvalue weighted by Crippen LogP contribution is 2.38. The number of fused-ring (bicyclic) bond motifs is 3. The molecule has 0 atom stereocenters. The smallest absolute Gasteiger partial charge is 0.158 e. The van der Waals surface area contributed by atoms with E-state index in [0.29, 0.717) is 11.4 Å². The second-order valence-electron chi connectivity index (χ2n) is 5.15. The van der Waals surface area contributed by atoms with Gasteiger partial charge in [0, 0.05) is 10.4 Å². The minimum atomic E-state index is -0.294. The van der Waals surface area contributed by atoms with E-state index < -0.39 is 0 Å². The monoisotopic (exact) mass is 312 g/mol. The van der Waals surface area contributed by atoms with Gasteiger partial charge in [-0.3, -0.25) is 5.43 Å². The van der Waals surface area contributed by atoms with Gasteiger partial charge in [0.25, 0.3) is 0 Å². The Morgan fingerprint density at radius 3 is 3.05 bits per heavy atom. The summed E-state index contributed by atoms with van der Waals surface area (Å²) in [5, 5.41) is 5.19. The molecule has 22 heavy (non-hydrogen) atoms. The van der Waals surface area contributed by atoms with Crippen LogP contribution in [0.2, 0.25) is 0 Å². The molecule has 0 radical (unpaired) electrons. The second kappa shape index (κ2) is 5.46. The number of nitrogens with one attached hydrogen (secondary N) is 1. The largest absolute Gasteiger partial charge is 0.261 e. The molecular weight excluding hydrogens is 299 g/mol. The fraction of sp³-hybridized carbons (Fsp3) is 0.188. The van der Waals surface area contributed by atoms with Gasteiger partial charge < -0.3 is 0 Å². The van der Waals surface area contributed by atoms with Crippen molar-refractivity contribution in [1.82, 2.24) is 9.97 Å². The Morgan fingerprint density at radius 1 is 1.23 bits per heavy atom. The Balaban J connectivity index is 1.66. The first kappa shape index (κ1) is 13.3. The highest BCUT2D eigenvalue weighted by atomic mass is 32.1. The fourth-order valence-electron chi connectivity index (χ4n) is 2.76. The molecule has 0 unspecified atom stereocenters. The summed E-state index contributed by atoms with van der Waals surface area (Å²) >= 11 is 1.73. The Labute approximate surface area is 130 Å². The summed E-state index contributed by atoms with van der Waals surface area (Å²) in [6, 6.07) is 6.52. The van der Waals surface area contributed by atoms with E-state index in [-0.39, 0.29) is 5.82 Å². The molecule has 0 saturated heterocycles. The fourth-order valence-corrected chi connectivity index (χ4v) is 3.99. The minimum absolute atomic E-state index is 0.294. The van der Waals surface area contributed by atoms with Crippen LogP contribution in [0.25, 0.3) is 10.2 Å². The number of benzene rings is 1.